The Hall–Kier alpha value is -2.41. The molecule has 6 heteroatoms. The first-order valence-electron chi connectivity index (χ1n) is 11.1. The van der Waals surface area contributed by atoms with Crippen LogP contribution in [0.5, 0.6) is 0 Å². The average Bonchev–Trinajstić information content (AvgIpc) is 2.78. The number of nitrogens with one attached hydrogen (secondary N) is 1. The van der Waals surface area contributed by atoms with E-state index >= 15 is 0 Å². The van der Waals surface area contributed by atoms with Gasteiger partial charge in [0, 0.05) is 24.2 Å². The Labute approximate surface area is 191 Å². The van der Waals surface area contributed by atoms with E-state index in [9.17, 15) is 9.90 Å². The largest absolute Gasteiger partial charge is 0.449 e. The molecule has 0 unspecified atom stereocenters. The molecule has 0 aliphatic heterocycles. The van der Waals surface area contributed by atoms with Gasteiger partial charge in [-0.25, -0.2) is 4.79 Å². The number of hydrogen-bond donors (Lipinski definition) is 2. The molecule has 2 aromatic rings. The molecule has 0 aliphatic rings. The van der Waals surface area contributed by atoms with Crippen LogP contribution < -0.4 is 5.32 Å². The minimum atomic E-state index is -0.636. The molecule has 2 N–H and O–H groups in total. The first kappa shape index (κ1) is 25.8. The fraction of sp³-hybridized carbons (Fsp3) is 0.500. The van der Waals surface area contributed by atoms with Crippen molar-refractivity contribution in [1.82, 2.24) is 5.32 Å². The third kappa shape index (κ3) is 10.3. The van der Waals surface area contributed by atoms with Crippen molar-refractivity contribution < 1.29 is 24.1 Å². The van der Waals surface area contributed by atoms with Gasteiger partial charge < -0.3 is 24.6 Å². The highest BCUT2D eigenvalue weighted by Crippen LogP contribution is 2.28. The molecule has 6 nitrogen and oxygen atoms in total. The molecule has 0 saturated heterocycles. The van der Waals surface area contributed by atoms with Gasteiger partial charge in [-0.15, -0.1) is 0 Å². The molecular formula is C26H37NO5. The van der Waals surface area contributed by atoms with E-state index in [0.717, 1.165) is 11.1 Å². The van der Waals surface area contributed by atoms with Crippen LogP contribution in [0, 0.1) is 5.41 Å². The predicted octanol–water partition coefficient (Wildman–Crippen LogP) is 4.70. The maximum Gasteiger partial charge on any atom is 0.407 e. The molecule has 0 saturated carbocycles. The zero-order valence-corrected chi connectivity index (χ0v) is 19.5. The molecule has 0 spiro atoms. The summed E-state index contributed by atoms with van der Waals surface area (Å²) in [5, 5.41) is 13.0. The van der Waals surface area contributed by atoms with Gasteiger partial charge >= 0.3 is 6.09 Å². The van der Waals surface area contributed by atoms with Gasteiger partial charge in [0.1, 0.15) is 6.61 Å². The van der Waals surface area contributed by atoms with Crippen LogP contribution >= 0.6 is 0 Å². The Morgan fingerprint density at radius 2 is 1.31 bits per heavy atom. The molecule has 0 fully saturated rings. The fourth-order valence-corrected chi connectivity index (χ4v) is 3.14. The quantitative estimate of drug-likeness (QED) is 0.439. The summed E-state index contributed by atoms with van der Waals surface area (Å²) in [6.07, 6.45) is 0.604. The molecule has 0 aliphatic carbocycles. The van der Waals surface area contributed by atoms with Crippen LogP contribution in [-0.4, -0.2) is 43.2 Å². The van der Waals surface area contributed by atoms with E-state index in [4.69, 9.17) is 14.2 Å². The lowest BCUT2D eigenvalue weighted by Gasteiger charge is -2.32. The Morgan fingerprint density at radius 3 is 1.72 bits per heavy atom. The van der Waals surface area contributed by atoms with E-state index < -0.39 is 17.0 Å². The van der Waals surface area contributed by atoms with E-state index in [0.29, 0.717) is 39.3 Å². The van der Waals surface area contributed by atoms with Gasteiger partial charge in [-0.3, -0.25) is 0 Å². The van der Waals surface area contributed by atoms with Crippen molar-refractivity contribution in [3.8, 4) is 0 Å². The number of amides is 1. The predicted molar refractivity (Wildman–Crippen MR) is 125 cm³/mol. The zero-order chi connectivity index (χ0) is 23.3. The normalized spacial score (nSPS) is 11.9. The molecule has 0 aromatic heterocycles. The van der Waals surface area contributed by atoms with Crippen LogP contribution in [0.3, 0.4) is 0 Å². The summed E-state index contributed by atoms with van der Waals surface area (Å²) in [6, 6.07) is 19.9. The van der Waals surface area contributed by atoms with Crippen LogP contribution in [0.15, 0.2) is 60.7 Å². The van der Waals surface area contributed by atoms with E-state index in [2.05, 4.69) is 5.32 Å². The lowest BCUT2D eigenvalue weighted by molar-refractivity contribution is -0.0210. The third-order valence-electron chi connectivity index (χ3n) is 5.10. The number of ether oxygens (including phenoxy) is 3. The number of alkyl carbamates (subject to hydrolysis) is 1. The fourth-order valence-electron chi connectivity index (χ4n) is 3.14. The van der Waals surface area contributed by atoms with Crippen molar-refractivity contribution >= 4 is 6.09 Å². The van der Waals surface area contributed by atoms with Crippen molar-refractivity contribution in [1.29, 1.82) is 0 Å². The highest BCUT2D eigenvalue weighted by molar-refractivity contribution is 5.68. The van der Waals surface area contributed by atoms with Gasteiger partial charge in [0.05, 0.1) is 19.8 Å². The van der Waals surface area contributed by atoms with Gasteiger partial charge in [0.15, 0.2) is 0 Å². The molecular weight excluding hydrogens is 406 g/mol. The summed E-state index contributed by atoms with van der Waals surface area (Å²) in [6.45, 7) is 7.52. The highest BCUT2D eigenvalue weighted by Gasteiger charge is 2.31. The van der Waals surface area contributed by atoms with Crippen molar-refractivity contribution in [2.24, 2.45) is 5.41 Å². The van der Waals surface area contributed by atoms with E-state index in [1.165, 1.54) is 0 Å². The number of aliphatic hydroxyl groups is 1. The Bertz CT molecular complexity index is 726. The number of carbonyl (C=O) groups is 1. The maximum atomic E-state index is 12.2. The average molecular weight is 444 g/mol. The summed E-state index contributed by atoms with van der Waals surface area (Å²) in [5.74, 6) is 0. The van der Waals surface area contributed by atoms with Crippen LogP contribution in [0.2, 0.25) is 0 Å². The van der Waals surface area contributed by atoms with Gasteiger partial charge in [0.25, 0.3) is 0 Å². The Kier molecular flexibility index (Phi) is 10.7. The smallest absolute Gasteiger partial charge is 0.407 e. The number of hydrogen-bond acceptors (Lipinski definition) is 5. The summed E-state index contributed by atoms with van der Waals surface area (Å²) < 4.78 is 17.1. The second-order valence-corrected chi connectivity index (χ2v) is 9.19. The van der Waals surface area contributed by atoms with Crippen molar-refractivity contribution in [2.75, 3.05) is 26.4 Å². The molecule has 32 heavy (non-hydrogen) atoms. The van der Waals surface area contributed by atoms with Crippen LogP contribution in [0.4, 0.5) is 4.79 Å². The molecule has 176 valence electrons. The van der Waals surface area contributed by atoms with Gasteiger partial charge in [-0.05, 0) is 44.7 Å². The first-order chi connectivity index (χ1) is 15.3. The molecule has 0 heterocycles. The topological polar surface area (TPSA) is 77.0 Å². The standard InChI is InChI=1S/C26H37NO5/c1-25(2,3)27-24(29)32-21-26(20-28,14-16-30-18-22-10-6-4-7-11-22)15-17-31-19-23-12-8-5-9-13-23/h4-13,28H,14-21H2,1-3H3,(H,27,29). The van der Waals surface area contributed by atoms with Crippen molar-refractivity contribution in [2.45, 2.75) is 52.4 Å². The minimum Gasteiger partial charge on any atom is -0.449 e. The van der Waals surface area contributed by atoms with Crippen LogP contribution in [0.1, 0.15) is 44.7 Å². The second kappa shape index (κ2) is 13.2. The number of aliphatic hydroxyl groups excluding tert-OH is 1. The van der Waals surface area contributed by atoms with E-state index in [-0.39, 0.29) is 13.2 Å². The summed E-state index contributed by atoms with van der Waals surface area (Å²) in [4.78, 5) is 12.2. The first-order valence-corrected chi connectivity index (χ1v) is 11.1. The molecule has 0 radical (unpaired) electrons. The minimum absolute atomic E-state index is 0.0921. The maximum absolute atomic E-state index is 12.2. The van der Waals surface area contributed by atoms with Gasteiger partial charge in [0.2, 0.25) is 0 Å². The van der Waals surface area contributed by atoms with Crippen LogP contribution in [0.25, 0.3) is 0 Å². The lowest BCUT2D eigenvalue weighted by Crippen LogP contribution is -2.43. The Morgan fingerprint density at radius 1 is 0.844 bits per heavy atom. The van der Waals surface area contributed by atoms with Gasteiger partial charge in [-0.2, -0.15) is 0 Å². The molecule has 0 bridgehead atoms. The van der Waals surface area contributed by atoms with Crippen molar-refractivity contribution in [3.63, 3.8) is 0 Å². The summed E-state index contributed by atoms with van der Waals surface area (Å²) in [7, 11) is 0. The van der Waals surface area contributed by atoms with Gasteiger partial charge in [-0.1, -0.05) is 60.7 Å². The SMILES string of the molecule is CC(C)(C)NC(=O)OCC(CO)(CCOCc1ccccc1)CCOCc1ccccc1. The molecule has 2 rings (SSSR count). The molecule has 0 atom stereocenters. The van der Waals surface area contributed by atoms with E-state index in [1.807, 2.05) is 81.4 Å². The number of benzene rings is 2. The van der Waals surface area contributed by atoms with E-state index in [1.54, 1.807) is 0 Å². The number of rotatable bonds is 13. The lowest BCUT2D eigenvalue weighted by atomic mass is 9.83. The van der Waals surface area contributed by atoms with Crippen LogP contribution in [-0.2, 0) is 27.4 Å². The summed E-state index contributed by atoms with van der Waals surface area (Å²) >= 11 is 0. The highest BCUT2D eigenvalue weighted by atomic mass is 16.6. The third-order valence-corrected chi connectivity index (χ3v) is 5.10. The zero-order valence-electron chi connectivity index (χ0n) is 19.5. The molecule has 2 aromatic carbocycles. The van der Waals surface area contributed by atoms with Crippen molar-refractivity contribution in [3.05, 3.63) is 71.8 Å². The monoisotopic (exact) mass is 443 g/mol. The second-order valence-electron chi connectivity index (χ2n) is 9.19. The number of carbonyl (C=O) groups excluding carboxylic acids is 1. The summed E-state index contributed by atoms with van der Waals surface area (Å²) in [5.41, 5.74) is 1.15. The Balaban J connectivity index is 1.89. The molecule has 1 amide bonds.